The Labute approximate surface area is 115 Å². The third-order valence-corrected chi connectivity index (χ3v) is 2.38. The molecule has 0 bridgehead atoms. The van der Waals surface area contributed by atoms with Crippen molar-refractivity contribution in [1.82, 2.24) is 10.2 Å². The molecule has 1 heterocycles. The maximum absolute atomic E-state index is 11.9. The number of ether oxygens (including phenoxy) is 1. The van der Waals surface area contributed by atoms with E-state index in [0.29, 0.717) is 17.0 Å². The number of thiocarbonyl (C=S) groups is 1. The lowest BCUT2D eigenvalue weighted by Crippen LogP contribution is -2.19. The Balaban J connectivity index is 2.11. The predicted molar refractivity (Wildman–Crippen MR) is 75.3 cm³/mol. The van der Waals surface area contributed by atoms with Gasteiger partial charge in [0.25, 0.3) is 5.91 Å². The van der Waals surface area contributed by atoms with Crippen LogP contribution in [0.4, 0.5) is 5.69 Å². The van der Waals surface area contributed by atoms with Gasteiger partial charge >= 0.3 is 0 Å². The Kier molecular flexibility index (Phi) is 4.09. The van der Waals surface area contributed by atoms with Crippen LogP contribution in [0.1, 0.15) is 10.4 Å². The molecule has 1 amide bonds. The van der Waals surface area contributed by atoms with Gasteiger partial charge in [0, 0.05) is 6.20 Å². The van der Waals surface area contributed by atoms with Gasteiger partial charge in [-0.3, -0.25) is 9.89 Å². The molecule has 19 heavy (non-hydrogen) atoms. The summed E-state index contributed by atoms with van der Waals surface area (Å²) in [7, 11) is 0. The third kappa shape index (κ3) is 3.52. The molecule has 1 aromatic carbocycles. The van der Waals surface area contributed by atoms with Crippen LogP contribution in [-0.2, 0) is 0 Å². The Morgan fingerprint density at radius 2 is 2.26 bits per heavy atom. The maximum atomic E-state index is 11.9. The van der Waals surface area contributed by atoms with Crippen molar-refractivity contribution in [3.8, 4) is 5.75 Å². The van der Waals surface area contributed by atoms with Gasteiger partial charge in [0.1, 0.15) is 17.3 Å². The van der Waals surface area contributed by atoms with E-state index in [1.54, 1.807) is 24.3 Å². The predicted octanol–water partition coefficient (Wildman–Crippen LogP) is 1.33. The van der Waals surface area contributed by atoms with Gasteiger partial charge in [0.2, 0.25) is 0 Å². The van der Waals surface area contributed by atoms with Crippen LogP contribution in [0.5, 0.6) is 5.75 Å². The minimum atomic E-state index is -0.278. The van der Waals surface area contributed by atoms with Crippen LogP contribution in [0, 0.1) is 0 Å². The number of aromatic amines is 1. The molecule has 0 unspecified atom stereocenters. The van der Waals surface area contributed by atoms with Crippen molar-refractivity contribution in [3.05, 3.63) is 42.2 Å². The average Bonchev–Trinajstić information content (AvgIpc) is 2.91. The topological polar surface area (TPSA) is 93.0 Å². The second-order valence-electron chi connectivity index (χ2n) is 3.69. The molecule has 2 aromatic rings. The summed E-state index contributed by atoms with van der Waals surface area (Å²) in [6.07, 6.45) is 2.95. The number of hydrogen-bond donors (Lipinski definition) is 3. The SMILES string of the molecule is NC(=S)COc1ccccc1NC(=O)c1cn[nH]c1. The maximum Gasteiger partial charge on any atom is 0.258 e. The summed E-state index contributed by atoms with van der Waals surface area (Å²) in [5, 5.41) is 9.02. The van der Waals surface area contributed by atoms with E-state index in [1.165, 1.54) is 12.4 Å². The first-order valence-corrected chi connectivity index (χ1v) is 5.88. The van der Waals surface area contributed by atoms with Gasteiger partial charge in [-0.1, -0.05) is 24.4 Å². The number of nitrogens with zero attached hydrogens (tertiary/aromatic N) is 1. The van der Waals surface area contributed by atoms with Crippen molar-refractivity contribution in [2.75, 3.05) is 11.9 Å². The number of nitrogens with one attached hydrogen (secondary N) is 2. The molecule has 0 atom stereocenters. The van der Waals surface area contributed by atoms with Crippen molar-refractivity contribution in [1.29, 1.82) is 0 Å². The van der Waals surface area contributed by atoms with Gasteiger partial charge in [0.15, 0.2) is 0 Å². The minimum absolute atomic E-state index is 0.119. The van der Waals surface area contributed by atoms with E-state index in [2.05, 4.69) is 15.5 Å². The fraction of sp³-hybridized carbons (Fsp3) is 0.0833. The number of hydrogen-bond acceptors (Lipinski definition) is 4. The number of aromatic nitrogens is 2. The fourth-order valence-corrected chi connectivity index (χ4v) is 1.47. The first kappa shape index (κ1) is 13.0. The molecule has 4 N–H and O–H groups in total. The number of anilines is 1. The van der Waals surface area contributed by atoms with E-state index < -0.39 is 0 Å². The van der Waals surface area contributed by atoms with Crippen LogP contribution >= 0.6 is 12.2 Å². The number of carbonyl (C=O) groups is 1. The summed E-state index contributed by atoms with van der Waals surface area (Å²) < 4.78 is 5.41. The molecule has 0 aliphatic carbocycles. The van der Waals surface area contributed by atoms with E-state index in [4.69, 9.17) is 22.7 Å². The normalized spacial score (nSPS) is 9.89. The first-order valence-electron chi connectivity index (χ1n) is 5.47. The van der Waals surface area contributed by atoms with Crippen molar-refractivity contribution in [2.45, 2.75) is 0 Å². The van der Waals surface area contributed by atoms with Gasteiger partial charge in [-0.2, -0.15) is 5.10 Å². The molecule has 1 aromatic heterocycles. The lowest BCUT2D eigenvalue weighted by Gasteiger charge is -2.11. The lowest BCUT2D eigenvalue weighted by molar-refractivity contribution is 0.102. The molecule has 2 rings (SSSR count). The number of carbonyl (C=O) groups excluding carboxylic acids is 1. The Hall–Kier alpha value is -2.41. The summed E-state index contributed by atoms with van der Waals surface area (Å²) in [6.45, 7) is 0.119. The Morgan fingerprint density at radius 1 is 1.47 bits per heavy atom. The van der Waals surface area contributed by atoms with Gasteiger partial charge in [0.05, 0.1) is 17.4 Å². The van der Waals surface area contributed by atoms with Crippen LogP contribution in [0.3, 0.4) is 0 Å². The molecule has 98 valence electrons. The second-order valence-corrected chi connectivity index (χ2v) is 4.22. The van der Waals surface area contributed by atoms with Crippen LogP contribution in [-0.4, -0.2) is 27.7 Å². The van der Waals surface area contributed by atoms with Gasteiger partial charge in [-0.05, 0) is 12.1 Å². The minimum Gasteiger partial charge on any atom is -0.484 e. The number of benzene rings is 1. The summed E-state index contributed by atoms with van der Waals surface area (Å²) in [4.78, 5) is 12.1. The van der Waals surface area contributed by atoms with Crippen molar-refractivity contribution in [2.24, 2.45) is 5.73 Å². The van der Waals surface area contributed by atoms with E-state index in [1.807, 2.05) is 0 Å². The van der Waals surface area contributed by atoms with Gasteiger partial charge < -0.3 is 15.8 Å². The lowest BCUT2D eigenvalue weighted by atomic mass is 10.2. The van der Waals surface area contributed by atoms with Crippen molar-refractivity contribution in [3.63, 3.8) is 0 Å². The molecule has 6 nitrogen and oxygen atoms in total. The van der Waals surface area contributed by atoms with Crippen LogP contribution < -0.4 is 15.8 Å². The monoisotopic (exact) mass is 276 g/mol. The molecule has 0 saturated carbocycles. The molecule has 0 radical (unpaired) electrons. The molecule has 0 fully saturated rings. The average molecular weight is 276 g/mol. The zero-order chi connectivity index (χ0) is 13.7. The highest BCUT2D eigenvalue weighted by Crippen LogP contribution is 2.24. The zero-order valence-corrected chi connectivity index (χ0v) is 10.7. The van der Waals surface area contributed by atoms with Crippen molar-refractivity contribution < 1.29 is 9.53 Å². The first-order chi connectivity index (χ1) is 9.16. The number of rotatable bonds is 5. The largest absolute Gasteiger partial charge is 0.484 e. The Morgan fingerprint density at radius 3 is 2.95 bits per heavy atom. The van der Waals surface area contributed by atoms with E-state index >= 15 is 0 Å². The number of para-hydroxylation sites is 2. The molecular weight excluding hydrogens is 264 g/mol. The molecule has 0 aliphatic heterocycles. The van der Waals surface area contributed by atoms with Crippen LogP contribution in [0.25, 0.3) is 0 Å². The summed E-state index contributed by atoms with van der Waals surface area (Å²) in [5.74, 6) is 0.229. The van der Waals surface area contributed by atoms with Crippen LogP contribution in [0.15, 0.2) is 36.7 Å². The van der Waals surface area contributed by atoms with E-state index in [9.17, 15) is 4.79 Å². The van der Waals surface area contributed by atoms with Gasteiger partial charge in [-0.25, -0.2) is 0 Å². The van der Waals surface area contributed by atoms with Crippen molar-refractivity contribution >= 4 is 28.8 Å². The molecule has 0 saturated heterocycles. The summed E-state index contributed by atoms with van der Waals surface area (Å²) in [5.41, 5.74) is 6.36. The zero-order valence-electron chi connectivity index (χ0n) is 9.92. The number of amides is 1. The summed E-state index contributed by atoms with van der Waals surface area (Å²) >= 11 is 4.74. The number of H-pyrrole nitrogens is 1. The van der Waals surface area contributed by atoms with Crippen LogP contribution in [0.2, 0.25) is 0 Å². The smallest absolute Gasteiger partial charge is 0.258 e. The fourth-order valence-electron chi connectivity index (χ4n) is 1.41. The second kappa shape index (κ2) is 5.96. The standard InChI is InChI=1S/C12H12N4O2S/c13-11(19)7-18-10-4-2-1-3-9(10)16-12(17)8-5-14-15-6-8/h1-6H,7H2,(H2,13,19)(H,14,15)(H,16,17). The van der Waals surface area contributed by atoms with Gasteiger partial charge in [-0.15, -0.1) is 0 Å². The Bertz CT molecular complexity index is 583. The highest BCUT2D eigenvalue weighted by atomic mass is 32.1. The molecular formula is C12H12N4O2S. The molecule has 7 heteroatoms. The quantitative estimate of drug-likeness (QED) is 0.716. The van der Waals surface area contributed by atoms with E-state index in [-0.39, 0.29) is 17.5 Å². The third-order valence-electron chi connectivity index (χ3n) is 2.27. The molecule has 0 spiro atoms. The summed E-state index contributed by atoms with van der Waals surface area (Å²) in [6, 6.07) is 7.04. The van der Waals surface area contributed by atoms with E-state index in [0.717, 1.165) is 0 Å². The molecule has 0 aliphatic rings. The highest BCUT2D eigenvalue weighted by Gasteiger charge is 2.10. The highest BCUT2D eigenvalue weighted by molar-refractivity contribution is 7.80. The number of nitrogens with two attached hydrogens (primary N) is 1.